The van der Waals surface area contributed by atoms with Gasteiger partial charge in [0.15, 0.2) is 0 Å². The molecule has 2 aromatic rings. The average Bonchev–Trinajstić information content (AvgIpc) is 2.76. The summed E-state index contributed by atoms with van der Waals surface area (Å²) in [5, 5.41) is 15.3. The number of pyridine rings is 1. The number of carbonyl (C=O) groups excluding carboxylic acids is 2. The van der Waals surface area contributed by atoms with Crippen molar-refractivity contribution in [2.75, 3.05) is 0 Å². The van der Waals surface area contributed by atoms with Gasteiger partial charge in [-0.15, -0.1) is 0 Å². The van der Waals surface area contributed by atoms with Crippen molar-refractivity contribution in [3.05, 3.63) is 51.6 Å². The summed E-state index contributed by atoms with van der Waals surface area (Å²) in [4.78, 5) is 37.0. The van der Waals surface area contributed by atoms with Gasteiger partial charge in [-0.2, -0.15) is 5.10 Å². The predicted octanol–water partition coefficient (Wildman–Crippen LogP) is -0.710. The summed E-state index contributed by atoms with van der Waals surface area (Å²) in [6.07, 6.45) is 0.775. The fourth-order valence-corrected chi connectivity index (χ4v) is 2.15. The van der Waals surface area contributed by atoms with E-state index in [0.717, 1.165) is 0 Å². The molecule has 0 radical (unpaired) electrons. The van der Waals surface area contributed by atoms with Crippen molar-refractivity contribution in [2.45, 2.75) is 19.4 Å². The molecule has 0 bridgehead atoms. The monoisotopic (exact) mass is 318 g/mol. The molecule has 120 valence electrons. The largest absolute Gasteiger partial charge is 0.369 e. The molecule has 23 heavy (non-hydrogen) atoms. The molecular weight excluding hydrogens is 304 g/mol. The van der Waals surface area contributed by atoms with Crippen LogP contribution in [0.2, 0.25) is 0 Å². The Morgan fingerprint density at radius 2 is 1.91 bits per heavy atom. The third-order valence-corrected chi connectivity index (χ3v) is 3.00. The second-order valence-corrected chi connectivity index (χ2v) is 4.76. The molecule has 0 spiro atoms. The number of nitrogens with zero attached hydrogens (tertiary/aromatic N) is 4. The van der Waals surface area contributed by atoms with Crippen LogP contribution in [0.4, 0.5) is 5.69 Å². The highest BCUT2D eigenvalue weighted by Gasteiger charge is 2.29. The molecule has 0 unspecified atom stereocenters. The first-order chi connectivity index (χ1) is 10.9. The van der Waals surface area contributed by atoms with Crippen molar-refractivity contribution in [1.82, 2.24) is 14.8 Å². The van der Waals surface area contributed by atoms with Gasteiger partial charge < -0.3 is 11.5 Å². The van der Waals surface area contributed by atoms with Crippen LogP contribution >= 0.6 is 0 Å². The first kappa shape index (κ1) is 16.1. The van der Waals surface area contributed by atoms with Crippen LogP contribution in [-0.4, -0.2) is 31.5 Å². The zero-order chi connectivity index (χ0) is 17.0. The molecule has 0 saturated heterocycles. The summed E-state index contributed by atoms with van der Waals surface area (Å²) >= 11 is 0. The smallest absolute Gasteiger partial charge is 0.314 e. The number of hydrogen-bond acceptors (Lipinski definition) is 6. The normalized spacial score (nSPS) is 10.4. The lowest BCUT2D eigenvalue weighted by atomic mass is 10.2. The zero-order valence-electron chi connectivity index (χ0n) is 12.0. The number of amides is 2. The van der Waals surface area contributed by atoms with Gasteiger partial charge in [0.05, 0.1) is 30.0 Å². The molecule has 0 aliphatic carbocycles. The molecule has 2 aromatic heterocycles. The summed E-state index contributed by atoms with van der Waals surface area (Å²) in [5.41, 5.74) is 10.3. The number of primary amides is 2. The van der Waals surface area contributed by atoms with Gasteiger partial charge in [0.2, 0.25) is 11.8 Å². The molecule has 0 atom stereocenters. The van der Waals surface area contributed by atoms with Crippen LogP contribution in [0, 0.1) is 10.1 Å². The molecule has 0 fully saturated rings. The first-order valence-electron chi connectivity index (χ1n) is 6.58. The quantitative estimate of drug-likeness (QED) is 0.506. The van der Waals surface area contributed by atoms with E-state index in [1.165, 1.54) is 4.68 Å². The maximum atomic E-state index is 11.3. The molecule has 0 aliphatic rings. The Balaban J connectivity index is 2.52. The van der Waals surface area contributed by atoms with Gasteiger partial charge in [0.1, 0.15) is 11.4 Å². The van der Waals surface area contributed by atoms with E-state index in [1.807, 2.05) is 0 Å². The SMILES string of the molecule is NC(=O)Cc1nn(Cc2ccccn2)c(CC(N)=O)c1[N+](=O)[O-]. The second-order valence-electron chi connectivity index (χ2n) is 4.76. The van der Waals surface area contributed by atoms with E-state index in [9.17, 15) is 19.7 Å². The minimum Gasteiger partial charge on any atom is -0.369 e. The maximum Gasteiger partial charge on any atom is 0.314 e. The Morgan fingerprint density at radius 3 is 2.43 bits per heavy atom. The molecule has 4 N–H and O–H groups in total. The Bertz CT molecular complexity index is 755. The molecule has 2 heterocycles. The van der Waals surface area contributed by atoms with Crippen LogP contribution in [0.5, 0.6) is 0 Å². The second kappa shape index (κ2) is 6.64. The zero-order valence-corrected chi connectivity index (χ0v) is 12.0. The minimum atomic E-state index is -0.763. The first-order valence-corrected chi connectivity index (χ1v) is 6.58. The Morgan fingerprint density at radius 1 is 1.22 bits per heavy atom. The van der Waals surface area contributed by atoms with E-state index in [2.05, 4.69) is 10.1 Å². The molecule has 2 rings (SSSR count). The number of nitro groups is 1. The summed E-state index contributed by atoms with van der Waals surface area (Å²) in [6, 6.07) is 5.17. The van der Waals surface area contributed by atoms with Crippen molar-refractivity contribution in [3.8, 4) is 0 Å². The van der Waals surface area contributed by atoms with Gasteiger partial charge in [-0.3, -0.25) is 29.4 Å². The third-order valence-electron chi connectivity index (χ3n) is 3.00. The maximum absolute atomic E-state index is 11.3. The predicted molar refractivity (Wildman–Crippen MR) is 78.0 cm³/mol. The molecule has 10 heteroatoms. The summed E-state index contributed by atoms with van der Waals surface area (Å²) in [5.74, 6) is -1.51. The highest BCUT2D eigenvalue weighted by atomic mass is 16.6. The van der Waals surface area contributed by atoms with Crippen LogP contribution in [0.1, 0.15) is 17.1 Å². The standard InChI is InChI=1S/C13H14N6O4/c14-11(20)5-9-13(19(22)23)10(6-12(15)21)18(17-9)7-8-3-1-2-4-16-8/h1-4H,5-7H2,(H2,14,20)(H2,15,21). The number of rotatable bonds is 7. The fraction of sp³-hybridized carbons (Fsp3) is 0.231. The van der Waals surface area contributed by atoms with E-state index < -0.39 is 28.8 Å². The molecule has 0 aliphatic heterocycles. The van der Waals surface area contributed by atoms with E-state index in [-0.39, 0.29) is 24.4 Å². The van der Waals surface area contributed by atoms with Gasteiger partial charge >= 0.3 is 5.69 Å². The van der Waals surface area contributed by atoms with Gasteiger partial charge in [-0.05, 0) is 12.1 Å². The lowest BCUT2D eigenvalue weighted by Crippen LogP contribution is -2.18. The number of aromatic nitrogens is 3. The highest BCUT2D eigenvalue weighted by Crippen LogP contribution is 2.25. The topological polar surface area (TPSA) is 160 Å². The van der Waals surface area contributed by atoms with Crippen LogP contribution in [0.25, 0.3) is 0 Å². The van der Waals surface area contributed by atoms with E-state index >= 15 is 0 Å². The van der Waals surface area contributed by atoms with E-state index in [0.29, 0.717) is 5.69 Å². The Kier molecular flexibility index (Phi) is 4.64. The van der Waals surface area contributed by atoms with Gasteiger partial charge in [-0.25, -0.2) is 0 Å². The molecule has 0 aromatic carbocycles. The number of carbonyl (C=O) groups is 2. The Labute approximate surface area is 130 Å². The van der Waals surface area contributed by atoms with Crippen LogP contribution in [-0.2, 0) is 29.0 Å². The molecule has 0 saturated carbocycles. The van der Waals surface area contributed by atoms with Gasteiger partial charge in [-0.1, -0.05) is 6.07 Å². The minimum absolute atomic E-state index is 0.0180. The summed E-state index contributed by atoms with van der Waals surface area (Å²) in [7, 11) is 0. The van der Waals surface area contributed by atoms with Crippen molar-refractivity contribution < 1.29 is 14.5 Å². The van der Waals surface area contributed by atoms with Crippen LogP contribution in [0.15, 0.2) is 24.4 Å². The van der Waals surface area contributed by atoms with Crippen molar-refractivity contribution in [3.63, 3.8) is 0 Å². The van der Waals surface area contributed by atoms with E-state index in [1.54, 1.807) is 24.4 Å². The average molecular weight is 318 g/mol. The summed E-state index contributed by atoms with van der Waals surface area (Å²) < 4.78 is 1.25. The number of nitrogens with two attached hydrogens (primary N) is 2. The van der Waals surface area contributed by atoms with Crippen LogP contribution in [0.3, 0.4) is 0 Å². The van der Waals surface area contributed by atoms with Gasteiger partial charge in [0, 0.05) is 6.20 Å². The molecular formula is C13H14N6O4. The lowest BCUT2D eigenvalue weighted by Gasteiger charge is -2.04. The Hall–Kier alpha value is -3.30. The highest BCUT2D eigenvalue weighted by molar-refractivity contribution is 5.80. The van der Waals surface area contributed by atoms with Gasteiger partial charge in [0.25, 0.3) is 0 Å². The van der Waals surface area contributed by atoms with Crippen molar-refractivity contribution in [1.29, 1.82) is 0 Å². The number of hydrogen-bond donors (Lipinski definition) is 2. The third kappa shape index (κ3) is 3.87. The fourth-order valence-electron chi connectivity index (χ4n) is 2.15. The molecule has 2 amide bonds. The van der Waals surface area contributed by atoms with E-state index in [4.69, 9.17) is 11.5 Å². The summed E-state index contributed by atoms with van der Waals surface area (Å²) in [6.45, 7) is 0.100. The lowest BCUT2D eigenvalue weighted by molar-refractivity contribution is -0.386. The van der Waals surface area contributed by atoms with Crippen LogP contribution < -0.4 is 11.5 Å². The molecule has 10 nitrogen and oxygen atoms in total. The van der Waals surface area contributed by atoms with Crippen molar-refractivity contribution >= 4 is 17.5 Å². The van der Waals surface area contributed by atoms with Crippen molar-refractivity contribution in [2.24, 2.45) is 11.5 Å².